The fourth-order valence-electron chi connectivity index (χ4n) is 1.86. The molecule has 0 aliphatic carbocycles. The first kappa shape index (κ1) is 10.2. The van der Waals surface area contributed by atoms with E-state index in [4.69, 9.17) is 0 Å². The summed E-state index contributed by atoms with van der Waals surface area (Å²) in [6.07, 6.45) is 2.66. The summed E-state index contributed by atoms with van der Waals surface area (Å²) in [7, 11) is 0. The molecule has 0 unspecified atom stereocenters. The van der Waals surface area contributed by atoms with Gasteiger partial charge in [0.25, 0.3) is 0 Å². The number of likely N-dealkylation sites (tertiary alicyclic amines) is 1. The summed E-state index contributed by atoms with van der Waals surface area (Å²) in [4.78, 5) is 23.7. The van der Waals surface area contributed by atoms with Crippen LogP contribution in [0, 0.1) is 5.92 Å². The minimum absolute atomic E-state index is 0.154. The molecule has 0 radical (unpaired) electrons. The highest BCUT2D eigenvalue weighted by Crippen LogP contribution is 2.20. The van der Waals surface area contributed by atoms with E-state index in [1.54, 1.807) is 13.8 Å². The van der Waals surface area contributed by atoms with Gasteiger partial charge in [0.2, 0.25) is 5.91 Å². The van der Waals surface area contributed by atoms with E-state index < -0.39 is 0 Å². The fourth-order valence-corrected chi connectivity index (χ4v) is 1.86. The Morgan fingerprint density at radius 2 is 1.77 bits per heavy atom. The Hall–Kier alpha value is -0.860. The van der Waals surface area contributed by atoms with Crippen molar-refractivity contribution in [3.8, 4) is 0 Å². The molecule has 0 aromatic rings. The minimum atomic E-state index is 0.154. The van der Waals surface area contributed by atoms with E-state index in [9.17, 15) is 9.59 Å². The Morgan fingerprint density at radius 1 is 1.23 bits per heavy atom. The van der Waals surface area contributed by atoms with Gasteiger partial charge in [-0.25, -0.2) is 0 Å². The van der Waals surface area contributed by atoms with E-state index in [0.29, 0.717) is 12.3 Å². The van der Waals surface area contributed by atoms with Crippen molar-refractivity contribution in [3.05, 3.63) is 0 Å². The third-order valence-electron chi connectivity index (χ3n) is 2.64. The molecule has 1 aliphatic rings. The van der Waals surface area contributed by atoms with Crippen molar-refractivity contribution in [3.63, 3.8) is 0 Å². The number of carbonyl (C=O) groups excluding carboxylic acids is 2. The molecule has 0 saturated carbocycles. The molecule has 1 amide bonds. The molecule has 0 bridgehead atoms. The zero-order valence-electron chi connectivity index (χ0n) is 8.38. The van der Waals surface area contributed by atoms with Crippen molar-refractivity contribution in [2.24, 2.45) is 5.92 Å². The van der Waals surface area contributed by atoms with Crippen LogP contribution in [0.1, 0.15) is 33.1 Å². The highest BCUT2D eigenvalue weighted by molar-refractivity contribution is 5.76. The molecule has 0 aromatic carbocycles. The van der Waals surface area contributed by atoms with Gasteiger partial charge in [0, 0.05) is 26.4 Å². The van der Waals surface area contributed by atoms with E-state index in [-0.39, 0.29) is 11.7 Å². The van der Waals surface area contributed by atoms with Crippen LogP contribution in [-0.2, 0) is 9.59 Å². The van der Waals surface area contributed by atoms with Crippen LogP contribution in [0.2, 0.25) is 0 Å². The van der Waals surface area contributed by atoms with Crippen LogP contribution in [0.5, 0.6) is 0 Å². The van der Waals surface area contributed by atoms with Crippen LogP contribution in [0.15, 0.2) is 0 Å². The molecule has 1 heterocycles. The predicted molar refractivity (Wildman–Crippen MR) is 50.3 cm³/mol. The van der Waals surface area contributed by atoms with Crippen LogP contribution in [-0.4, -0.2) is 29.7 Å². The smallest absolute Gasteiger partial charge is 0.219 e. The van der Waals surface area contributed by atoms with Crippen molar-refractivity contribution < 1.29 is 9.59 Å². The molecule has 3 heteroatoms. The topological polar surface area (TPSA) is 37.4 Å². The first-order chi connectivity index (χ1) is 6.09. The van der Waals surface area contributed by atoms with E-state index >= 15 is 0 Å². The molecule has 1 aliphatic heterocycles. The van der Waals surface area contributed by atoms with Crippen molar-refractivity contribution in [1.82, 2.24) is 4.90 Å². The number of hydrogen-bond acceptors (Lipinski definition) is 2. The Balaban J connectivity index is 2.30. The number of piperidine rings is 1. The zero-order chi connectivity index (χ0) is 9.84. The highest BCUT2D eigenvalue weighted by atomic mass is 16.2. The average molecular weight is 183 g/mol. The van der Waals surface area contributed by atoms with Gasteiger partial charge < -0.3 is 9.69 Å². The second kappa shape index (κ2) is 4.40. The van der Waals surface area contributed by atoms with Gasteiger partial charge in [0.05, 0.1) is 0 Å². The van der Waals surface area contributed by atoms with Gasteiger partial charge >= 0.3 is 0 Å². The molecule has 0 aromatic heterocycles. The Morgan fingerprint density at radius 3 is 2.15 bits per heavy atom. The van der Waals surface area contributed by atoms with Crippen LogP contribution in [0.3, 0.4) is 0 Å². The number of carbonyl (C=O) groups is 2. The monoisotopic (exact) mass is 183 g/mol. The van der Waals surface area contributed by atoms with Gasteiger partial charge in [-0.1, -0.05) is 0 Å². The highest BCUT2D eigenvalue weighted by Gasteiger charge is 2.21. The van der Waals surface area contributed by atoms with Crippen LogP contribution in [0.25, 0.3) is 0 Å². The molecule has 0 atom stereocenters. The van der Waals surface area contributed by atoms with Crippen LogP contribution in [0.4, 0.5) is 0 Å². The summed E-state index contributed by atoms with van der Waals surface area (Å²) in [5.41, 5.74) is 0. The molecule has 1 rings (SSSR count). The second-order valence-corrected chi connectivity index (χ2v) is 3.86. The lowest BCUT2D eigenvalue weighted by Gasteiger charge is -2.30. The van der Waals surface area contributed by atoms with Gasteiger partial charge in [0.15, 0.2) is 0 Å². The van der Waals surface area contributed by atoms with E-state index in [1.807, 2.05) is 4.90 Å². The third-order valence-corrected chi connectivity index (χ3v) is 2.64. The number of rotatable bonds is 2. The predicted octanol–water partition coefficient (Wildman–Crippen LogP) is 1.22. The molecular weight excluding hydrogens is 166 g/mol. The number of ketones is 1. The lowest BCUT2D eigenvalue weighted by molar-refractivity contribution is -0.130. The molecule has 74 valence electrons. The molecular formula is C10H17NO2. The van der Waals surface area contributed by atoms with Crippen molar-refractivity contribution in [2.45, 2.75) is 33.1 Å². The average Bonchev–Trinajstić information content (AvgIpc) is 2.04. The summed E-state index contributed by atoms with van der Waals surface area (Å²) >= 11 is 0. The van der Waals surface area contributed by atoms with E-state index in [2.05, 4.69) is 0 Å². The number of nitrogens with zero attached hydrogens (tertiary/aromatic N) is 1. The first-order valence-corrected chi connectivity index (χ1v) is 4.84. The molecule has 1 saturated heterocycles. The lowest BCUT2D eigenvalue weighted by atomic mass is 9.92. The Labute approximate surface area is 79.1 Å². The first-order valence-electron chi connectivity index (χ1n) is 4.84. The van der Waals surface area contributed by atoms with E-state index in [1.165, 1.54) is 0 Å². The third kappa shape index (κ3) is 3.17. The van der Waals surface area contributed by atoms with Gasteiger partial charge in [-0.2, -0.15) is 0 Å². The lowest BCUT2D eigenvalue weighted by Crippen LogP contribution is -2.37. The van der Waals surface area contributed by atoms with E-state index in [0.717, 1.165) is 25.9 Å². The normalized spacial score (nSPS) is 18.8. The summed E-state index contributed by atoms with van der Waals surface area (Å²) in [5, 5.41) is 0. The molecule has 0 spiro atoms. The van der Waals surface area contributed by atoms with Gasteiger partial charge in [-0.3, -0.25) is 4.79 Å². The summed E-state index contributed by atoms with van der Waals surface area (Å²) in [5.74, 6) is 0.927. The summed E-state index contributed by atoms with van der Waals surface area (Å²) in [6, 6.07) is 0. The summed E-state index contributed by atoms with van der Waals surface area (Å²) in [6.45, 7) is 4.89. The quantitative estimate of drug-likeness (QED) is 0.645. The van der Waals surface area contributed by atoms with Crippen LogP contribution >= 0.6 is 0 Å². The maximum Gasteiger partial charge on any atom is 0.219 e. The molecule has 0 N–H and O–H groups in total. The van der Waals surface area contributed by atoms with Gasteiger partial charge in [0.1, 0.15) is 5.78 Å². The second-order valence-electron chi connectivity index (χ2n) is 3.86. The summed E-state index contributed by atoms with van der Waals surface area (Å²) < 4.78 is 0. The zero-order valence-corrected chi connectivity index (χ0v) is 8.38. The maximum absolute atomic E-state index is 11.0. The van der Waals surface area contributed by atoms with Gasteiger partial charge in [-0.05, 0) is 25.7 Å². The van der Waals surface area contributed by atoms with Crippen molar-refractivity contribution in [1.29, 1.82) is 0 Å². The molecule has 1 fully saturated rings. The van der Waals surface area contributed by atoms with Crippen LogP contribution < -0.4 is 0 Å². The Bertz CT molecular complexity index is 205. The fraction of sp³-hybridized carbons (Fsp3) is 0.800. The number of Topliss-reactive ketones (excluding diaryl/α,β-unsaturated/α-hetero) is 1. The molecule has 13 heavy (non-hydrogen) atoms. The Kier molecular flexibility index (Phi) is 3.46. The molecule has 3 nitrogen and oxygen atoms in total. The minimum Gasteiger partial charge on any atom is -0.343 e. The van der Waals surface area contributed by atoms with Gasteiger partial charge in [-0.15, -0.1) is 0 Å². The SMILES string of the molecule is CC(=O)CC1CCN(C(C)=O)CC1. The largest absolute Gasteiger partial charge is 0.343 e. The standard InChI is InChI=1S/C10H17NO2/c1-8(12)7-10-3-5-11(6-4-10)9(2)13/h10H,3-7H2,1-2H3. The number of amides is 1. The van der Waals surface area contributed by atoms with Crippen molar-refractivity contribution >= 4 is 11.7 Å². The number of hydrogen-bond donors (Lipinski definition) is 0. The van der Waals surface area contributed by atoms with Crippen molar-refractivity contribution in [2.75, 3.05) is 13.1 Å². The maximum atomic E-state index is 11.0.